The maximum atomic E-state index is 12.0. The second-order valence-electron chi connectivity index (χ2n) is 4.51. The third kappa shape index (κ3) is 3.82. The third-order valence-electron chi connectivity index (χ3n) is 3.01. The first-order valence-corrected chi connectivity index (χ1v) is 6.85. The van der Waals surface area contributed by atoms with Gasteiger partial charge in [-0.05, 0) is 19.1 Å². The molecule has 0 radical (unpaired) electrons. The molecule has 1 N–H and O–H groups in total. The fourth-order valence-corrected chi connectivity index (χ4v) is 1.97. The number of ether oxygens (including phenoxy) is 1. The molecule has 6 nitrogen and oxygen atoms in total. The van der Waals surface area contributed by atoms with E-state index >= 15 is 0 Å². The minimum absolute atomic E-state index is 0.0150. The number of carbonyl (C=O) groups excluding carboxylic acids is 1. The summed E-state index contributed by atoms with van der Waals surface area (Å²) in [7, 11) is 0. The van der Waals surface area contributed by atoms with Crippen LogP contribution in [0.2, 0.25) is 0 Å². The molecule has 0 saturated carbocycles. The molecule has 0 bridgehead atoms. The predicted molar refractivity (Wildman–Crippen MR) is 83.5 cm³/mol. The highest BCUT2D eigenvalue weighted by molar-refractivity contribution is 5.99. The number of rotatable bonds is 7. The molecule has 0 saturated heterocycles. The van der Waals surface area contributed by atoms with Gasteiger partial charge in [-0.15, -0.1) is 0 Å². The van der Waals surface area contributed by atoms with E-state index in [1.165, 1.54) is 6.07 Å². The maximum Gasteiger partial charge on any atom is 0.296 e. The van der Waals surface area contributed by atoms with Gasteiger partial charge in [0.2, 0.25) is 0 Å². The molecule has 22 heavy (non-hydrogen) atoms. The van der Waals surface area contributed by atoms with E-state index in [1.54, 1.807) is 43.3 Å². The molecule has 0 unspecified atom stereocenters. The molecule has 0 spiro atoms. The van der Waals surface area contributed by atoms with Gasteiger partial charge in [0.1, 0.15) is 11.4 Å². The number of nitrogens with one attached hydrogen (secondary N) is 1. The van der Waals surface area contributed by atoms with Gasteiger partial charge >= 0.3 is 0 Å². The number of hydrogen-bond donors (Lipinski definition) is 1. The number of hydrogen-bond acceptors (Lipinski definition) is 5. The summed E-state index contributed by atoms with van der Waals surface area (Å²) in [4.78, 5) is 22.6. The van der Waals surface area contributed by atoms with Crippen molar-refractivity contribution >= 4 is 17.2 Å². The minimum atomic E-state index is -0.502. The molecular formula is C16H16N2O4. The van der Waals surface area contributed by atoms with Crippen molar-refractivity contribution in [1.29, 1.82) is 0 Å². The molecule has 0 aromatic heterocycles. The monoisotopic (exact) mass is 300 g/mol. The van der Waals surface area contributed by atoms with Crippen molar-refractivity contribution in [3.05, 3.63) is 64.2 Å². The van der Waals surface area contributed by atoms with Gasteiger partial charge in [-0.2, -0.15) is 0 Å². The summed E-state index contributed by atoms with van der Waals surface area (Å²) in [6.07, 6.45) is 0. The topological polar surface area (TPSA) is 81.5 Å². The number of nitrogens with zero attached hydrogens (tertiary/aromatic N) is 1. The fraction of sp³-hybridized carbons (Fsp3) is 0.188. The molecule has 2 aromatic carbocycles. The lowest BCUT2D eigenvalue weighted by Gasteiger charge is -2.08. The number of nitro groups is 1. The Hall–Kier alpha value is -2.89. The van der Waals surface area contributed by atoms with Crippen LogP contribution < -0.4 is 10.1 Å². The van der Waals surface area contributed by atoms with Gasteiger partial charge < -0.3 is 10.1 Å². The highest BCUT2D eigenvalue weighted by Gasteiger charge is 2.16. The molecule has 114 valence electrons. The van der Waals surface area contributed by atoms with Crippen LogP contribution in [0.15, 0.2) is 48.5 Å². The molecule has 6 heteroatoms. The van der Waals surface area contributed by atoms with Gasteiger partial charge in [0.25, 0.3) is 5.69 Å². The van der Waals surface area contributed by atoms with E-state index in [1.807, 2.05) is 6.07 Å². The van der Waals surface area contributed by atoms with Gasteiger partial charge in [-0.1, -0.05) is 30.3 Å². The summed E-state index contributed by atoms with van der Waals surface area (Å²) >= 11 is 0. The molecule has 0 heterocycles. The Bertz CT molecular complexity index is 671. The quantitative estimate of drug-likeness (QED) is 0.482. The van der Waals surface area contributed by atoms with E-state index in [2.05, 4.69) is 5.32 Å². The van der Waals surface area contributed by atoms with Crippen molar-refractivity contribution in [2.45, 2.75) is 6.92 Å². The Morgan fingerprint density at radius 3 is 2.59 bits per heavy atom. The first-order valence-electron chi connectivity index (χ1n) is 6.85. The van der Waals surface area contributed by atoms with Crippen molar-refractivity contribution in [2.24, 2.45) is 0 Å². The van der Waals surface area contributed by atoms with E-state index in [-0.39, 0.29) is 23.7 Å². The first-order chi connectivity index (χ1) is 10.6. The van der Waals surface area contributed by atoms with Crippen molar-refractivity contribution in [2.75, 3.05) is 18.5 Å². The summed E-state index contributed by atoms with van der Waals surface area (Å²) in [6.45, 7) is 2.21. The van der Waals surface area contributed by atoms with Crippen molar-refractivity contribution in [1.82, 2.24) is 0 Å². The summed E-state index contributed by atoms with van der Waals surface area (Å²) in [5.41, 5.74) is 0.730. The first kappa shape index (κ1) is 15.5. The summed E-state index contributed by atoms with van der Waals surface area (Å²) in [5.74, 6) is 0.290. The molecular weight excluding hydrogens is 284 g/mol. The molecule has 2 rings (SSSR count). The summed E-state index contributed by atoms with van der Waals surface area (Å²) < 4.78 is 5.25. The SMILES string of the molecule is CCOc1ccc(NCC(=O)c2ccccc2)c([N+](=O)[O-])c1. The summed E-state index contributed by atoms with van der Waals surface area (Å²) in [6, 6.07) is 13.3. The smallest absolute Gasteiger partial charge is 0.296 e. The van der Waals surface area contributed by atoms with Crippen LogP contribution in [0.4, 0.5) is 11.4 Å². The third-order valence-corrected chi connectivity index (χ3v) is 3.01. The molecule has 0 aliphatic carbocycles. The average Bonchev–Trinajstić information content (AvgIpc) is 2.54. The second-order valence-corrected chi connectivity index (χ2v) is 4.51. The van der Waals surface area contributed by atoms with Crippen LogP contribution in [-0.4, -0.2) is 23.9 Å². The zero-order valence-corrected chi connectivity index (χ0v) is 12.1. The van der Waals surface area contributed by atoms with Crippen LogP contribution in [0.1, 0.15) is 17.3 Å². The number of Topliss-reactive ketones (excluding diaryl/α,β-unsaturated/α-hetero) is 1. The number of nitro benzene ring substituents is 1. The molecule has 0 aliphatic rings. The van der Waals surface area contributed by atoms with E-state index in [9.17, 15) is 14.9 Å². The Morgan fingerprint density at radius 1 is 1.23 bits per heavy atom. The largest absolute Gasteiger partial charge is 0.494 e. The van der Waals surface area contributed by atoms with Crippen LogP contribution in [0.5, 0.6) is 5.75 Å². The zero-order chi connectivity index (χ0) is 15.9. The van der Waals surface area contributed by atoms with E-state index in [0.717, 1.165) is 0 Å². The van der Waals surface area contributed by atoms with Gasteiger partial charge in [0.05, 0.1) is 24.1 Å². The lowest BCUT2D eigenvalue weighted by Crippen LogP contribution is -2.14. The standard InChI is InChI=1S/C16H16N2O4/c1-2-22-13-8-9-14(15(10-13)18(20)21)17-11-16(19)12-6-4-3-5-7-12/h3-10,17H,2,11H2,1H3. The lowest BCUT2D eigenvalue weighted by molar-refractivity contribution is -0.384. The molecule has 0 atom stereocenters. The predicted octanol–water partition coefficient (Wildman–Crippen LogP) is 3.29. The summed E-state index contributed by atoms with van der Waals surface area (Å²) in [5, 5.41) is 13.9. The molecule has 0 fully saturated rings. The van der Waals surface area contributed by atoms with Crippen molar-refractivity contribution in [3.63, 3.8) is 0 Å². The minimum Gasteiger partial charge on any atom is -0.494 e. The second kappa shape index (κ2) is 7.21. The van der Waals surface area contributed by atoms with E-state index in [4.69, 9.17) is 4.74 Å². The van der Waals surface area contributed by atoms with Crippen LogP contribution in [0, 0.1) is 10.1 Å². The Balaban J connectivity index is 2.12. The Labute approximate surface area is 127 Å². The number of benzene rings is 2. The van der Waals surface area contributed by atoms with E-state index in [0.29, 0.717) is 17.9 Å². The Kier molecular flexibility index (Phi) is 5.08. The van der Waals surface area contributed by atoms with E-state index < -0.39 is 4.92 Å². The van der Waals surface area contributed by atoms with Gasteiger partial charge in [0.15, 0.2) is 5.78 Å². The van der Waals surface area contributed by atoms with Crippen LogP contribution in [0.3, 0.4) is 0 Å². The Morgan fingerprint density at radius 2 is 1.95 bits per heavy atom. The van der Waals surface area contributed by atoms with Crippen LogP contribution in [0.25, 0.3) is 0 Å². The maximum absolute atomic E-state index is 12.0. The number of carbonyl (C=O) groups is 1. The number of anilines is 1. The highest BCUT2D eigenvalue weighted by Crippen LogP contribution is 2.29. The van der Waals surface area contributed by atoms with Crippen LogP contribution in [-0.2, 0) is 0 Å². The highest BCUT2D eigenvalue weighted by atomic mass is 16.6. The normalized spacial score (nSPS) is 10.0. The fourth-order valence-electron chi connectivity index (χ4n) is 1.97. The van der Waals surface area contributed by atoms with Gasteiger partial charge in [-0.3, -0.25) is 14.9 Å². The average molecular weight is 300 g/mol. The molecule has 0 amide bonds. The molecule has 2 aromatic rings. The zero-order valence-electron chi connectivity index (χ0n) is 12.1. The van der Waals surface area contributed by atoms with Gasteiger partial charge in [-0.25, -0.2) is 0 Å². The van der Waals surface area contributed by atoms with Gasteiger partial charge in [0, 0.05) is 5.56 Å². The molecule has 0 aliphatic heterocycles. The number of ketones is 1. The van der Waals surface area contributed by atoms with Crippen molar-refractivity contribution in [3.8, 4) is 5.75 Å². The van der Waals surface area contributed by atoms with Crippen molar-refractivity contribution < 1.29 is 14.5 Å². The lowest BCUT2D eigenvalue weighted by atomic mass is 10.1. The van der Waals surface area contributed by atoms with Crippen LogP contribution >= 0.6 is 0 Å².